The highest BCUT2D eigenvalue weighted by atomic mass is 16.5. The number of benzene rings is 3. The van der Waals surface area contributed by atoms with Crippen molar-refractivity contribution in [1.82, 2.24) is 5.32 Å². The molecule has 3 aromatic rings. The molecule has 2 atom stereocenters. The molecule has 160 valence electrons. The number of hydrogen-bond donors (Lipinski definition) is 2. The first-order valence-corrected chi connectivity index (χ1v) is 10.3. The number of rotatable bonds is 7. The van der Waals surface area contributed by atoms with Crippen LogP contribution in [0.1, 0.15) is 46.9 Å². The average Bonchev–Trinajstić information content (AvgIpc) is 2.77. The van der Waals surface area contributed by atoms with Gasteiger partial charge >= 0.3 is 0 Å². The lowest BCUT2D eigenvalue weighted by Crippen LogP contribution is -2.30. The number of ether oxygens (including phenoxy) is 1. The Morgan fingerprint density at radius 1 is 0.871 bits per heavy atom. The topological polar surface area (TPSA) is 67.4 Å². The molecule has 2 unspecified atom stereocenters. The highest BCUT2D eigenvalue weighted by molar-refractivity contribution is 5.98. The molecular weight excluding hydrogens is 388 g/mol. The molecule has 0 aliphatic carbocycles. The van der Waals surface area contributed by atoms with Gasteiger partial charge in [-0.15, -0.1) is 0 Å². The van der Waals surface area contributed by atoms with Crippen LogP contribution in [0.4, 0.5) is 5.69 Å². The molecule has 0 spiro atoms. The molecule has 0 radical (unpaired) electrons. The highest BCUT2D eigenvalue weighted by Gasteiger charge is 2.17. The largest absolute Gasteiger partial charge is 0.481 e. The first kappa shape index (κ1) is 22.1. The van der Waals surface area contributed by atoms with Crippen LogP contribution in [0.25, 0.3) is 0 Å². The molecule has 31 heavy (non-hydrogen) atoms. The first-order chi connectivity index (χ1) is 14.8. The van der Waals surface area contributed by atoms with Crippen molar-refractivity contribution < 1.29 is 14.3 Å². The van der Waals surface area contributed by atoms with Gasteiger partial charge in [-0.25, -0.2) is 0 Å². The van der Waals surface area contributed by atoms with E-state index in [4.69, 9.17) is 4.74 Å². The highest BCUT2D eigenvalue weighted by Crippen LogP contribution is 2.21. The van der Waals surface area contributed by atoms with Crippen LogP contribution in [0.5, 0.6) is 5.75 Å². The minimum atomic E-state index is -0.684. The number of nitrogens with one attached hydrogen (secondary N) is 2. The Balaban J connectivity index is 1.63. The molecule has 0 saturated heterocycles. The number of carbonyl (C=O) groups excluding carboxylic acids is 2. The molecule has 3 aromatic carbocycles. The molecule has 5 heteroatoms. The summed E-state index contributed by atoms with van der Waals surface area (Å²) in [5.41, 5.74) is 4.08. The van der Waals surface area contributed by atoms with Gasteiger partial charge in [0.15, 0.2) is 6.10 Å². The zero-order chi connectivity index (χ0) is 22.4. The third-order valence-electron chi connectivity index (χ3n) is 5.06. The van der Waals surface area contributed by atoms with E-state index in [0.29, 0.717) is 17.0 Å². The maximum absolute atomic E-state index is 12.7. The van der Waals surface area contributed by atoms with Crippen LogP contribution in [0, 0.1) is 13.8 Å². The molecule has 0 saturated carbocycles. The van der Waals surface area contributed by atoms with Crippen molar-refractivity contribution in [1.29, 1.82) is 0 Å². The summed E-state index contributed by atoms with van der Waals surface area (Å²) in [6.07, 6.45) is -0.684. The van der Waals surface area contributed by atoms with Gasteiger partial charge in [-0.2, -0.15) is 0 Å². The molecule has 0 bridgehead atoms. The molecule has 2 N–H and O–H groups in total. The number of aryl methyl sites for hydroxylation is 2. The number of anilines is 1. The van der Waals surface area contributed by atoms with Gasteiger partial charge in [0, 0.05) is 11.3 Å². The van der Waals surface area contributed by atoms with E-state index in [0.717, 1.165) is 16.7 Å². The van der Waals surface area contributed by atoms with Crippen molar-refractivity contribution in [3.8, 4) is 5.75 Å². The minimum absolute atomic E-state index is 0.127. The second kappa shape index (κ2) is 9.94. The molecular formula is C26H28N2O3. The summed E-state index contributed by atoms with van der Waals surface area (Å²) in [5.74, 6) is 0.203. The summed E-state index contributed by atoms with van der Waals surface area (Å²) in [7, 11) is 0. The van der Waals surface area contributed by atoms with Crippen LogP contribution in [-0.4, -0.2) is 17.9 Å². The van der Waals surface area contributed by atoms with Crippen molar-refractivity contribution in [2.24, 2.45) is 0 Å². The van der Waals surface area contributed by atoms with Crippen LogP contribution in [0.2, 0.25) is 0 Å². The summed E-state index contributed by atoms with van der Waals surface area (Å²) in [4.78, 5) is 25.3. The van der Waals surface area contributed by atoms with Crippen molar-refractivity contribution in [2.75, 3.05) is 5.32 Å². The molecule has 0 aliphatic heterocycles. The number of amides is 2. The SMILES string of the molecule is Cc1ccc(C)c(OC(C)C(=O)Nc2cccc(C(=O)NC(C)c3ccccc3)c2)c1. The third-order valence-corrected chi connectivity index (χ3v) is 5.06. The van der Waals surface area contributed by atoms with E-state index in [1.54, 1.807) is 31.2 Å². The van der Waals surface area contributed by atoms with E-state index in [1.807, 2.05) is 69.3 Å². The van der Waals surface area contributed by atoms with Gasteiger partial charge < -0.3 is 15.4 Å². The van der Waals surface area contributed by atoms with Gasteiger partial charge in [-0.05, 0) is 68.7 Å². The van der Waals surface area contributed by atoms with Crippen molar-refractivity contribution in [3.05, 3.63) is 95.1 Å². The second-order valence-corrected chi connectivity index (χ2v) is 7.70. The monoisotopic (exact) mass is 416 g/mol. The zero-order valence-corrected chi connectivity index (χ0v) is 18.3. The van der Waals surface area contributed by atoms with E-state index in [1.165, 1.54) is 0 Å². The summed E-state index contributed by atoms with van der Waals surface area (Å²) in [5, 5.41) is 5.82. The molecule has 0 aromatic heterocycles. The molecule has 0 heterocycles. The maximum Gasteiger partial charge on any atom is 0.265 e. The third kappa shape index (κ3) is 5.95. The molecule has 0 fully saturated rings. The Morgan fingerprint density at radius 2 is 1.61 bits per heavy atom. The lowest BCUT2D eigenvalue weighted by atomic mass is 10.1. The Labute approximate surface area is 183 Å². The summed E-state index contributed by atoms with van der Waals surface area (Å²) in [6, 6.07) is 22.4. The lowest BCUT2D eigenvalue weighted by Gasteiger charge is -2.17. The quantitative estimate of drug-likeness (QED) is 0.556. The summed E-state index contributed by atoms with van der Waals surface area (Å²) < 4.78 is 5.85. The number of hydrogen-bond acceptors (Lipinski definition) is 3. The Morgan fingerprint density at radius 3 is 2.35 bits per heavy atom. The normalized spacial score (nSPS) is 12.5. The second-order valence-electron chi connectivity index (χ2n) is 7.70. The summed E-state index contributed by atoms with van der Waals surface area (Å²) >= 11 is 0. The van der Waals surface area contributed by atoms with Gasteiger partial charge in [0.1, 0.15) is 5.75 Å². The van der Waals surface area contributed by atoms with Gasteiger partial charge in [0.2, 0.25) is 0 Å². The van der Waals surface area contributed by atoms with E-state index in [9.17, 15) is 9.59 Å². The fourth-order valence-corrected chi connectivity index (χ4v) is 3.17. The maximum atomic E-state index is 12.7. The van der Waals surface area contributed by atoms with Crippen molar-refractivity contribution in [3.63, 3.8) is 0 Å². The van der Waals surface area contributed by atoms with Crippen molar-refractivity contribution in [2.45, 2.75) is 39.8 Å². The Kier molecular flexibility index (Phi) is 7.08. The van der Waals surface area contributed by atoms with Crippen LogP contribution in [0.3, 0.4) is 0 Å². The fourth-order valence-electron chi connectivity index (χ4n) is 3.17. The Hall–Kier alpha value is -3.60. The molecule has 5 nitrogen and oxygen atoms in total. The van der Waals surface area contributed by atoms with Crippen LogP contribution in [0.15, 0.2) is 72.8 Å². The van der Waals surface area contributed by atoms with Crippen LogP contribution in [-0.2, 0) is 4.79 Å². The van der Waals surface area contributed by atoms with Crippen LogP contribution < -0.4 is 15.4 Å². The predicted octanol–water partition coefficient (Wildman–Crippen LogP) is 5.20. The average molecular weight is 417 g/mol. The standard InChI is InChI=1S/C26H28N2O3/c1-17-13-14-18(2)24(15-17)31-20(4)25(29)28-23-12-8-11-22(16-23)26(30)27-19(3)21-9-6-5-7-10-21/h5-16,19-20H,1-4H3,(H,27,30)(H,28,29). The van der Waals surface area contributed by atoms with Gasteiger partial charge in [0.05, 0.1) is 6.04 Å². The van der Waals surface area contributed by atoms with E-state index < -0.39 is 6.10 Å². The fraction of sp³-hybridized carbons (Fsp3) is 0.231. The minimum Gasteiger partial charge on any atom is -0.481 e. The smallest absolute Gasteiger partial charge is 0.265 e. The molecule has 3 rings (SSSR count). The van der Waals surface area contributed by atoms with Gasteiger partial charge in [0.25, 0.3) is 11.8 Å². The number of carbonyl (C=O) groups is 2. The molecule has 0 aliphatic rings. The van der Waals surface area contributed by atoms with Crippen LogP contribution >= 0.6 is 0 Å². The van der Waals surface area contributed by atoms with E-state index in [-0.39, 0.29) is 17.9 Å². The lowest BCUT2D eigenvalue weighted by molar-refractivity contribution is -0.122. The van der Waals surface area contributed by atoms with Gasteiger partial charge in [-0.3, -0.25) is 9.59 Å². The van der Waals surface area contributed by atoms with Crippen molar-refractivity contribution >= 4 is 17.5 Å². The van der Waals surface area contributed by atoms with Gasteiger partial charge in [-0.1, -0.05) is 48.5 Å². The van der Waals surface area contributed by atoms with E-state index in [2.05, 4.69) is 10.6 Å². The first-order valence-electron chi connectivity index (χ1n) is 10.3. The van der Waals surface area contributed by atoms with E-state index >= 15 is 0 Å². The Bertz CT molecular complexity index is 1060. The summed E-state index contributed by atoms with van der Waals surface area (Å²) in [6.45, 7) is 7.56. The predicted molar refractivity (Wildman–Crippen MR) is 123 cm³/mol. The zero-order valence-electron chi connectivity index (χ0n) is 18.3. The molecule has 2 amide bonds.